The highest BCUT2D eigenvalue weighted by molar-refractivity contribution is 7.98. The normalized spacial score (nSPS) is 10.7. The molecule has 0 aliphatic rings. The minimum absolute atomic E-state index is 1.07. The lowest BCUT2D eigenvalue weighted by atomic mass is 10.2. The summed E-state index contributed by atoms with van der Waals surface area (Å²) < 4.78 is 0. The Morgan fingerprint density at radius 1 is 0.875 bits per heavy atom. The molecule has 1 N–H and O–H groups in total. The van der Waals surface area contributed by atoms with Gasteiger partial charge in [-0.15, -0.1) is 0 Å². The van der Waals surface area contributed by atoms with E-state index in [2.05, 4.69) is 77.8 Å². The number of anilines is 1. The molecule has 0 spiro atoms. The van der Waals surface area contributed by atoms with Crippen molar-refractivity contribution in [3.05, 3.63) is 66.2 Å². The van der Waals surface area contributed by atoms with Crippen LogP contribution in [0.15, 0.2) is 60.7 Å². The molecule has 3 heteroatoms. The highest BCUT2D eigenvalue weighted by atomic mass is 32.2. The zero-order chi connectivity index (χ0) is 16.9. The molecule has 0 unspecified atom stereocenters. The molecule has 0 aliphatic heterocycles. The van der Waals surface area contributed by atoms with Crippen LogP contribution in [-0.4, -0.2) is 31.9 Å². The number of nitrogens with one attached hydrogen (secondary N) is 1. The van der Waals surface area contributed by atoms with Crippen molar-refractivity contribution in [2.75, 3.05) is 36.8 Å². The van der Waals surface area contributed by atoms with Gasteiger partial charge in [-0.3, -0.25) is 0 Å². The van der Waals surface area contributed by atoms with Gasteiger partial charge in [-0.2, -0.15) is 11.8 Å². The highest BCUT2D eigenvalue weighted by Gasteiger charge is 2.02. The van der Waals surface area contributed by atoms with Crippen molar-refractivity contribution in [1.82, 2.24) is 5.32 Å². The summed E-state index contributed by atoms with van der Waals surface area (Å²) in [5, 5.41) is 3.57. The van der Waals surface area contributed by atoms with Crippen LogP contribution in [0.3, 0.4) is 0 Å². The summed E-state index contributed by atoms with van der Waals surface area (Å²) in [6.07, 6.45) is 2.44. The molecular formula is C21H30N2S. The van der Waals surface area contributed by atoms with E-state index in [0.29, 0.717) is 0 Å². The molecule has 24 heavy (non-hydrogen) atoms. The van der Waals surface area contributed by atoms with Gasteiger partial charge in [0.25, 0.3) is 0 Å². The van der Waals surface area contributed by atoms with Crippen LogP contribution in [0.5, 0.6) is 0 Å². The summed E-state index contributed by atoms with van der Waals surface area (Å²) in [5.41, 5.74) is 2.76. The van der Waals surface area contributed by atoms with Gasteiger partial charge in [-0.05, 0) is 56.3 Å². The van der Waals surface area contributed by atoms with Crippen LogP contribution in [-0.2, 0) is 5.75 Å². The zero-order valence-electron chi connectivity index (χ0n) is 14.8. The van der Waals surface area contributed by atoms with Crippen LogP contribution >= 0.6 is 11.8 Å². The summed E-state index contributed by atoms with van der Waals surface area (Å²) in [7, 11) is 0. The van der Waals surface area contributed by atoms with E-state index in [-0.39, 0.29) is 0 Å². The fourth-order valence-electron chi connectivity index (χ4n) is 2.69. The monoisotopic (exact) mass is 342 g/mol. The van der Waals surface area contributed by atoms with Gasteiger partial charge in [0.15, 0.2) is 0 Å². The molecule has 0 saturated heterocycles. The number of hydrogen-bond acceptors (Lipinski definition) is 3. The van der Waals surface area contributed by atoms with Crippen molar-refractivity contribution in [3.8, 4) is 0 Å². The fraction of sp³-hybridized carbons (Fsp3) is 0.429. The minimum atomic E-state index is 1.07. The van der Waals surface area contributed by atoms with Crippen LogP contribution in [0.4, 0.5) is 5.69 Å². The maximum Gasteiger partial charge on any atom is 0.0366 e. The molecule has 0 heterocycles. The second-order valence-corrected chi connectivity index (χ2v) is 7.02. The summed E-state index contributed by atoms with van der Waals surface area (Å²) in [4.78, 5) is 2.44. The first-order valence-electron chi connectivity index (χ1n) is 9.02. The highest BCUT2D eigenvalue weighted by Crippen LogP contribution is 2.13. The fourth-order valence-corrected chi connectivity index (χ4v) is 3.61. The van der Waals surface area contributed by atoms with Gasteiger partial charge in [-0.25, -0.2) is 0 Å². The molecule has 2 nitrogen and oxygen atoms in total. The number of rotatable bonds is 12. The van der Waals surface area contributed by atoms with E-state index in [1.54, 1.807) is 0 Å². The van der Waals surface area contributed by atoms with Gasteiger partial charge < -0.3 is 10.2 Å². The molecule has 2 rings (SSSR count). The molecule has 0 saturated carbocycles. The lowest BCUT2D eigenvalue weighted by Crippen LogP contribution is -2.27. The Kier molecular flexibility index (Phi) is 9.43. The van der Waals surface area contributed by atoms with Crippen LogP contribution in [0, 0.1) is 0 Å². The lowest BCUT2D eigenvalue weighted by molar-refractivity contribution is 0.631. The lowest BCUT2D eigenvalue weighted by Gasteiger charge is -2.23. The molecule has 0 aliphatic carbocycles. The number of hydrogen-bond donors (Lipinski definition) is 1. The number of nitrogens with zero attached hydrogens (tertiary/aromatic N) is 1. The molecule has 0 radical (unpaired) electrons. The van der Waals surface area contributed by atoms with E-state index >= 15 is 0 Å². The maximum absolute atomic E-state index is 3.57. The van der Waals surface area contributed by atoms with Crippen molar-refractivity contribution in [2.24, 2.45) is 0 Å². The summed E-state index contributed by atoms with van der Waals surface area (Å²) in [6.45, 7) is 6.65. The average Bonchev–Trinajstić information content (AvgIpc) is 2.65. The van der Waals surface area contributed by atoms with Gasteiger partial charge in [-0.1, -0.05) is 48.5 Å². The summed E-state index contributed by atoms with van der Waals surface area (Å²) >= 11 is 2.03. The molecule has 0 aromatic heterocycles. The Morgan fingerprint density at radius 3 is 2.25 bits per heavy atom. The topological polar surface area (TPSA) is 15.3 Å². The predicted octanol–water partition coefficient (Wildman–Crippen LogP) is 4.82. The molecule has 2 aromatic carbocycles. The SMILES string of the molecule is CCN(CCCNCCCSCc1ccccc1)c1ccccc1. The number of benzene rings is 2. The average molecular weight is 343 g/mol. The van der Waals surface area contributed by atoms with Crippen molar-refractivity contribution in [2.45, 2.75) is 25.5 Å². The summed E-state index contributed by atoms with van der Waals surface area (Å²) in [5.74, 6) is 2.36. The predicted molar refractivity (Wildman–Crippen MR) is 109 cm³/mol. The van der Waals surface area contributed by atoms with E-state index in [0.717, 1.165) is 31.9 Å². The van der Waals surface area contributed by atoms with Gasteiger partial charge in [0.2, 0.25) is 0 Å². The van der Waals surface area contributed by atoms with Gasteiger partial charge >= 0.3 is 0 Å². The van der Waals surface area contributed by atoms with Crippen LogP contribution in [0.1, 0.15) is 25.3 Å². The second-order valence-electron chi connectivity index (χ2n) is 5.91. The number of thioether (sulfide) groups is 1. The second kappa shape index (κ2) is 12.0. The third-order valence-electron chi connectivity index (χ3n) is 4.04. The Bertz CT molecular complexity index is 530. The Balaban J connectivity index is 1.46. The van der Waals surface area contributed by atoms with Crippen molar-refractivity contribution in [3.63, 3.8) is 0 Å². The van der Waals surface area contributed by atoms with E-state index in [4.69, 9.17) is 0 Å². The van der Waals surface area contributed by atoms with Crippen LogP contribution in [0.25, 0.3) is 0 Å². The first kappa shape index (κ1) is 18.9. The molecule has 2 aromatic rings. The van der Waals surface area contributed by atoms with Gasteiger partial charge in [0.1, 0.15) is 0 Å². The number of para-hydroxylation sites is 1. The van der Waals surface area contributed by atoms with E-state index in [1.807, 2.05) is 11.8 Å². The molecular weight excluding hydrogens is 312 g/mol. The smallest absolute Gasteiger partial charge is 0.0366 e. The standard InChI is InChI=1S/C21H30N2S/c1-2-23(21-13-7-4-8-14-21)17-9-15-22-16-10-18-24-19-20-11-5-3-6-12-20/h3-8,11-14,22H,2,9-10,15-19H2,1H3. The Labute approximate surface area is 151 Å². The van der Waals surface area contributed by atoms with Crippen molar-refractivity contribution in [1.29, 1.82) is 0 Å². The van der Waals surface area contributed by atoms with Crippen molar-refractivity contribution < 1.29 is 0 Å². The zero-order valence-corrected chi connectivity index (χ0v) is 15.6. The maximum atomic E-state index is 3.57. The van der Waals surface area contributed by atoms with Crippen LogP contribution in [0.2, 0.25) is 0 Å². The summed E-state index contributed by atoms with van der Waals surface area (Å²) in [6, 6.07) is 21.4. The van der Waals surface area contributed by atoms with Crippen LogP contribution < -0.4 is 10.2 Å². The molecule has 130 valence electrons. The molecule has 0 atom stereocenters. The third-order valence-corrected chi connectivity index (χ3v) is 5.15. The first-order chi connectivity index (χ1) is 11.9. The van der Waals surface area contributed by atoms with Gasteiger partial charge in [0.05, 0.1) is 0 Å². The first-order valence-corrected chi connectivity index (χ1v) is 10.2. The molecule has 0 amide bonds. The van der Waals surface area contributed by atoms with Gasteiger partial charge in [0, 0.05) is 24.5 Å². The molecule has 0 bridgehead atoms. The Morgan fingerprint density at radius 2 is 1.54 bits per heavy atom. The quantitative estimate of drug-likeness (QED) is 0.557. The molecule has 0 fully saturated rings. The minimum Gasteiger partial charge on any atom is -0.372 e. The van der Waals surface area contributed by atoms with E-state index in [9.17, 15) is 0 Å². The van der Waals surface area contributed by atoms with Crippen molar-refractivity contribution >= 4 is 17.4 Å². The Hall–Kier alpha value is -1.45. The third kappa shape index (κ3) is 7.41. The van der Waals surface area contributed by atoms with E-state index in [1.165, 1.54) is 29.8 Å². The largest absolute Gasteiger partial charge is 0.372 e. The van der Waals surface area contributed by atoms with E-state index < -0.39 is 0 Å².